The molecule has 1 saturated heterocycles. The molecule has 0 aromatic heterocycles. The lowest BCUT2D eigenvalue weighted by Gasteiger charge is -2.33. The van der Waals surface area contributed by atoms with E-state index in [0.29, 0.717) is 48.3 Å². The maximum Gasteiger partial charge on any atom is 0.290 e. The van der Waals surface area contributed by atoms with Crippen LogP contribution in [0.4, 0.5) is 5.69 Å². The van der Waals surface area contributed by atoms with Crippen molar-refractivity contribution in [2.24, 2.45) is 0 Å². The average molecular weight is 546 g/mol. The van der Waals surface area contributed by atoms with Crippen LogP contribution in [0.25, 0.3) is 0 Å². The summed E-state index contributed by atoms with van der Waals surface area (Å²) in [5.41, 5.74) is 2.45. The Kier molecular flexibility index (Phi) is 11.8. The Morgan fingerprint density at radius 2 is 1.94 bits per heavy atom. The van der Waals surface area contributed by atoms with Gasteiger partial charge in [-0.3, -0.25) is 19.2 Å². The SMILES string of the molecule is CS(=O)(=O)Nc1cccc(CCC(=O)NC[C@H]2CN(Cc3ccc(Cl)c(Cl)c3)CCO2)c1.O=CO. The van der Waals surface area contributed by atoms with Gasteiger partial charge in [-0.15, -0.1) is 0 Å². The molecular formula is C23H29Cl2N3O6S. The molecule has 2 aromatic rings. The van der Waals surface area contributed by atoms with Gasteiger partial charge in [0.2, 0.25) is 15.9 Å². The van der Waals surface area contributed by atoms with E-state index in [1.807, 2.05) is 18.2 Å². The summed E-state index contributed by atoms with van der Waals surface area (Å²) in [7, 11) is -3.33. The number of aryl methyl sites for hydroxylation is 1. The smallest absolute Gasteiger partial charge is 0.290 e. The van der Waals surface area contributed by atoms with Gasteiger partial charge in [-0.25, -0.2) is 8.42 Å². The van der Waals surface area contributed by atoms with Crippen molar-refractivity contribution < 1.29 is 27.9 Å². The normalized spacial score (nSPS) is 16.0. The molecule has 3 N–H and O–H groups in total. The number of hydrogen-bond donors (Lipinski definition) is 3. The molecule has 9 nitrogen and oxygen atoms in total. The lowest BCUT2D eigenvalue weighted by molar-refractivity contribution is -0.123. The summed E-state index contributed by atoms with van der Waals surface area (Å²) >= 11 is 12.1. The molecule has 192 valence electrons. The van der Waals surface area contributed by atoms with Gasteiger partial charge in [0.1, 0.15) is 0 Å². The molecule has 1 aliphatic heterocycles. The van der Waals surface area contributed by atoms with E-state index in [2.05, 4.69) is 14.9 Å². The van der Waals surface area contributed by atoms with Gasteiger partial charge in [0, 0.05) is 38.3 Å². The highest BCUT2D eigenvalue weighted by Gasteiger charge is 2.21. The summed E-state index contributed by atoms with van der Waals surface area (Å²) in [6.45, 7) is 3.04. The third-order valence-electron chi connectivity index (χ3n) is 5.01. The van der Waals surface area contributed by atoms with Gasteiger partial charge in [-0.2, -0.15) is 0 Å². The maximum absolute atomic E-state index is 12.3. The van der Waals surface area contributed by atoms with E-state index < -0.39 is 10.0 Å². The molecule has 1 heterocycles. The Labute approximate surface area is 215 Å². The van der Waals surface area contributed by atoms with E-state index in [1.165, 1.54) is 0 Å². The number of nitrogens with one attached hydrogen (secondary N) is 2. The molecule has 0 bridgehead atoms. The van der Waals surface area contributed by atoms with Crippen LogP contribution in [0.15, 0.2) is 42.5 Å². The third-order valence-corrected chi connectivity index (χ3v) is 6.36. The second-order valence-electron chi connectivity index (χ2n) is 7.96. The Balaban J connectivity index is 0.00000137. The summed E-state index contributed by atoms with van der Waals surface area (Å²) in [5.74, 6) is -0.0725. The van der Waals surface area contributed by atoms with Crippen molar-refractivity contribution in [2.45, 2.75) is 25.5 Å². The molecule has 1 aliphatic rings. The van der Waals surface area contributed by atoms with Crippen molar-refractivity contribution in [2.75, 3.05) is 37.2 Å². The molecule has 0 spiro atoms. The van der Waals surface area contributed by atoms with Gasteiger partial charge in [0.15, 0.2) is 0 Å². The number of anilines is 1. The molecule has 0 unspecified atom stereocenters. The molecule has 35 heavy (non-hydrogen) atoms. The van der Waals surface area contributed by atoms with E-state index in [-0.39, 0.29) is 18.5 Å². The van der Waals surface area contributed by atoms with Gasteiger partial charge < -0.3 is 15.2 Å². The number of benzene rings is 2. The molecular weight excluding hydrogens is 517 g/mol. The predicted octanol–water partition coefficient (Wildman–Crippen LogP) is 3.02. The number of carbonyl (C=O) groups excluding carboxylic acids is 1. The van der Waals surface area contributed by atoms with Crippen LogP contribution < -0.4 is 10.0 Å². The minimum atomic E-state index is -3.33. The van der Waals surface area contributed by atoms with Crippen molar-refractivity contribution >= 4 is 51.3 Å². The number of carboxylic acid groups (broad SMARTS) is 1. The standard InChI is InChI=1S/C22H27Cl2N3O4S.CH2O2/c1-32(29,30)26-18-4-2-3-16(11-18)6-8-22(28)25-13-19-15-27(9-10-31-19)14-17-5-7-20(23)21(24)12-17;2-1-3/h2-5,7,11-12,19,26H,6,8-10,13-15H2,1H3,(H,25,28);1H,(H,2,3)/t19-;/m0./s1. The Bertz CT molecular complexity index is 1100. The maximum atomic E-state index is 12.3. The van der Waals surface area contributed by atoms with Crippen molar-refractivity contribution in [1.29, 1.82) is 0 Å². The Morgan fingerprint density at radius 1 is 1.20 bits per heavy atom. The van der Waals surface area contributed by atoms with Crippen LogP contribution in [-0.2, 0) is 37.3 Å². The summed E-state index contributed by atoms with van der Waals surface area (Å²) in [6.07, 6.45) is 1.84. The first-order valence-electron chi connectivity index (χ1n) is 10.8. The Morgan fingerprint density at radius 3 is 2.63 bits per heavy atom. The van der Waals surface area contributed by atoms with Crippen LogP contribution in [0.5, 0.6) is 0 Å². The monoisotopic (exact) mass is 545 g/mol. The highest BCUT2D eigenvalue weighted by molar-refractivity contribution is 7.92. The van der Waals surface area contributed by atoms with Gasteiger partial charge in [-0.1, -0.05) is 41.4 Å². The van der Waals surface area contributed by atoms with Crippen LogP contribution in [0, 0.1) is 0 Å². The van der Waals surface area contributed by atoms with Crippen LogP contribution in [-0.4, -0.2) is 69.4 Å². The summed E-state index contributed by atoms with van der Waals surface area (Å²) in [4.78, 5) is 22.9. The quantitative estimate of drug-likeness (QED) is 0.413. The first-order chi connectivity index (χ1) is 16.6. The topological polar surface area (TPSA) is 125 Å². The highest BCUT2D eigenvalue weighted by Crippen LogP contribution is 2.23. The minimum absolute atomic E-state index is 0.0725. The lowest BCUT2D eigenvalue weighted by atomic mass is 10.1. The van der Waals surface area contributed by atoms with Gasteiger partial charge >= 0.3 is 0 Å². The van der Waals surface area contributed by atoms with Gasteiger partial charge in [0.05, 0.1) is 29.0 Å². The number of ether oxygens (including phenoxy) is 1. The summed E-state index contributed by atoms with van der Waals surface area (Å²) in [6, 6.07) is 12.7. The molecule has 12 heteroatoms. The molecule has 0 aliphatic carbocycles. The van der Waals surface area contributed by atoms with Crippen LogP contribution in [0.2, 0.25) is 10.0 Å². The van der Waals surface area contributed by atoms with Gasteiger partial charge in [-0.05, 0) is 41.8 Å². The molecule has 0 radical (unpaired) electrons. The minimum Gasteiger partial charge on any atom is -0.483 e. The fourth-order valence-corrected chi connectivity index (χ4v) is 4.40. The highest BCUT2D eigenvalue weighted by atomic mass is 35.5. The van der Waals surface area contributed by atoms with Crippen molar-refractivity contribution in [3.8, 4) is 0 Å². The summed E-state index contributed by atoms with van der Waals surface area (Å²) < 4.78 is 31.0. The van der Waals surface area contributed by atoms with Crippen molar-refractivity contribution in [3.05, 3.63) is 63.6 Å². The van der Waals surface area contributed by atoms with Crippen molar-refractivity contribution in [3.63, 3.8) is 0 Å². The average Bonchev–Trinajstić information content (AvgIpc) is 2.79. The number of rotatable bonds is 9. The largest absolute Gasteiger partial charge is 0.483 e. The number of nitrogens with zero attached hydrogens (tertiary/aromatic N) is 1. The molecule has 1 atom stereocenters. The number of hydrogen-bond acceptors (Lipinski definition) is 6. The van der Waals surface area contributed by atoms with E-state index in [9.17, 15) is 13.2 Å². The summed E-state index contributed by atoms with van der Waals surface area (Å²) in [5, 5.41) is 10.9. The van der Waals surface area contributed by atoms with Crippen LogP contribution >= 0.6 is 23.2 Å². The zero-order chi connectivity index (χ0) is 25.8. The fourth-order valence-electron chi connectivity index (χ4n) is 3.52. The van der Waals surface area contributed by atoms with Crippen LogP contribution in [0.1, 0.15) is 17.5 Å². The zero-order valence-corrected chi connectivity index (χ0v) is 21.6. The van der Waals surface area contributed by atoms with Gasteiger partial charge in [0.25, 0.3) is 6.47 Å². The number of morpholine rings is 1. The zero-order valence-electron chi connectivity index (χ0n) is 19.2. The van der Waals surface area contributed by atoms with E-state index in [1.54, 1.807) is 24.3 Å². The molecule has 1 fully saturated rings. The van der Waals surface area contributed by atoms with E-state index in [0.717, 1.165) is 30.5 Å². The second kappa shape index (κ2) is 14.3. The first-order valence-corrected chi connectivity index (χ1v) is 13.4. The van der Waals surface area contributed by atoms with E-state index in [4.69, 9.17) is 37.8 Å². The lowest BCUT2D eigenvalue weighted by Crippen LogP contribution is -2.47. The number of sulfonamides is 1. The fraction of sp³-hybridized carbons (Fsp3) is 0.391. The van der Waals surface area contributed by atoms with E-state index >= 15 is 0 Å². The number of carbonyl (C=O) groups is 2. The molecule has 0 saturated carbocycles. The second-order valence-corrected chi connectivity index (χ2v) is 10.5. The molecule has 2 aromatic carbocycles. The predicted molar refractivity (Wildman–Crippen MR) is 136 cm³/mol. The molecule has 1 amide bonds. The van der Waals surface area contributed by atoms with Crippen molar-refractivity contribution in [1.82, 2.24) is 10.2 Å². The van der Waals surface area contributed by atoms with Crippen LogP contribution in [0.3, 0.4) is 0 Å². The third kappa shape index (κ3) is 11.3. The Hall–Kier alpha value is -2.37. The number of halogens is 2. The number of amides is 1. The molecule has 3 rings (SSSR count). The first kappa shape index (κ1) is 28.9.